The van der Waals surface area contributed by atoms with Gasteiger partial charge in [-0.05, 0) is 24.1 Å². The fourth-order valence-corrected chi connectivity index (χ4v) is 2.07. The fourth-order valence-electron chi connectivity index (χ4n) is 2.07. The van der Waals surface area contributed by atoms with Crippen molar-refractivity contribution in [1.82, 2.24) is 0 Å². The molecule has 0 atom stereocenters. The van der Waals surface area contributed by atoms with E-state index >= 15 is 0 Å². The van der Waals surface area contributed by atoms with E-state index in [2.05, 4.69) is 5.16 Å². The van der Waals surface area contributed by atoms with Gasteiger partial charge in [-0.15, -0.1) is 0 Å². The lowest BCUT2D eigenvalue weighted by Gasteiger charge is -2.11. The SMILES string of the molecule is CC/C(=N\O)c1ccccc1OCc1cccc([N+](=O)[O-])c1. The predicted octanol–water partition coefficient (Wildman–Crippen LogP) is 3.76. The average molecular weight is 300 g/mol. The molecule has 0 aliphatic rings. The van der Waals surface area contributed by atoms with Gasteiger partial charge in [-0.3, -0.25) is 10.1 Å². The zero-order valence-electron chi connectivity index (χ0n) is 12.1. The van der Waals surface area contributed by atoms with Crippen LogP contribution >= 0.6 is 0 Å². The summed E-state index contributed by atoms with van der Waals surface area (Å²) in [5.74, 6) is 0.573. The molecule has 0 aromatic heterocycles. The number of oxime groups is 1. The van der Waals surface area contributed by atoms with Gasteiger partial charge in [0.05, 0.1) is 10.6 Å². The molecule has 2 rings (SSSR count). The van der Waals surface area contributed by atoms with Crippen molar-refractivity contribution in [2.45, 2.75) is 20.0 Å². The summed E-state index contributed by atoms with van der Waals surface area (Å²) in [5.41, 5.74) is 1.95. The van der Waals surface area contributed by atoms with Crippen molar-refractivity contribution in [3.05, 3.63) is 69.8 Å². The minimum absolute atomic E-state index is 0.0283. The summed E-state index contributed by atoms with van der Waals surface area (Å²) in [4.78, 5) is 10.3. The number of nitrogens with zero attached hydrogens (tertiary/aromatic N) is 2. The molecular weight excluding hydrogens is 284 g/mol. The van der Waals surface area contributed by atoms with Crippen molar-refractivity contribution in [3.63, 3.8) is 0 Å². The zero-order chi connectivity index (χ0) is 15.9. The fraction of sp³-hybridized carbons (Fsp3) is 0.188. The van der Waals surface area contributed by atoms with Crippen LogP contribution in [0.3, 0.4) is 0 Å². The highest BCUT2D eigenvalue weighted by molar-refractivity contribution is 6.02. The molecule has 0 fully saturated rings. The van der Waals surface area contributed by atoms with Crippen molar-refractivity contribution >= 4 is 11.4 Å². The van der Waals surface area contributed by atoms with Crippen molar-refractivity contribution in [2.24, 2.45) is 5.16 Å². The van der Waals surface area contributed by atoms with E-state index < -0.39 is 4.92 Å². The normalized spacial score (nSPS) is 11.2. The number of nitro groups is 1. The molecule has 0 saturated carbocycles. The molecule has 0 aliphatic heterocycles. The second kappa shape index (κ2) is 7.21. The molecule has 0 amide bonds. The van der Waals surface area contributed by atoms with Gasteiger partial charge in [0.2, 0.25) is 0 Å². The van der Waals surface area contributed by atoms with Crippen LogP contribution < -0.4 is 4.74 Å². The van der Waals surface area contributed by atoms with E-state index in [1.165, 1.54) is 12.1 Å². The molecule has 6 nitrogen and oxygen atoms in total. The van der Waals surface area contributed by atoms with Crippen molar-refractivity contribution in [3.8, 4) is 5.75 Å². The number of para-hydroxylation sites is 1. The number of hydrogen-bond acceptors (Lipinski definition) is 5. The van der Waals surface area contributed by atoms with Crippen molar-refractivity contribution < 1.29 is 14.9 Å². The van der Waals surface area contributed by atoms with Gasteiger partial charge in [-0.2, -0.15) is 0 Å². The number of non-ortho nitro benzene ring substituents is 1. The smallest absolute Gasteiger partial charge is 0.269 e. The second-order valence-corrected chi connectivity index (χ2v) is 4.61. The van der Waals surface area contributed by atoms with E-state index in [-0.39, 0.29) is 12.3 Å². The molecule has 2 aromatic rings. The van der Waals surface area contributed by atoms with Crippen LogP contribution in [0.5, 0.6) is 5.75 Å². The van der Waals surface area contributed by atoms with Crippen LogP contribution in [0.15, 0.2) is 53.7 Å². The van der Waals surface area contributed by atoms with E-state index in [1.54, 1.807) is 24.3 Å². The summed E-state index contributed by atoms with van der Waals surface area (Å²) in [6, 6.07) is 13.5. The summed E-state index contributed by atoms with van der Waals surface area (Å²) >= 11 is 0. The summed E-state index contributed by atoms with van der Waals surface area (Å²) in [6.45, 7) is 2.08. The Kier molecular flexibility index (Phi) is 5.08. The molecule has 22 heavy (non-hydrogen) atoms. The quantitative estimate of drug-likeness (QED) is 0.381. The molecule has 0 unspecified atom stereocenters. The van der Waals surface area contributed by atoms with Gasteiger partial charge >= 0.3 is 0 Å². The molecule has 6 heteroatoms. The van der Waals surface area contributed by atoms with Gasteiger partial charge in [0, 0.05) is 17.7 Å². The third-order valence-corrected chi connectivity index (χ3v) is 3.17. The zero-order valence-corrected chi connectivity index (χ0v) is 12.1. The van der Waals surface area contributed by atoms with Gasteiger partial charge in [-0.25, -0.2) is 0 Å². The summed E-state index contributed by atoms with van der Waals surface area (Å²) in [6.07, 6.45) is 0.563. The molecule has 2 aromatic carbocycles. The lowest BCUT2D eigenvalue weighted by molar-refractivity contribution is -0.384. The van der Waals surface area contributed by atoms with Crippen LogP contribution in [0, 0.1) is 10.1 Å². The van der Waals surface area contributed by atoms with Gasteiger partial charge in [0.15, 0.2) is 0 Å². The highest BCUT2D eigenvalue weighted by atomic mass is 16.6. The Morgan fingerprint density at radius 1 is 1.27 bits per heavy atom. The maximum Gasteiger partial charge on any atom is 0.269 e. The van der Waals surface area contributed by atoms with Gasteiger partial charge in [0.1, 0.15) is 12.4 Å². The lowest BCUT2D eigenvalue weighted by atomic mass is 10.1. The standard InChI is InChI=1S/C16H16N2O4/c1-2-15(17-19)14-8-3-4-9-16(14)22-11-12-6-5-7-13(10-12)18(20)21/h3-10,19H,2,11H2,1H3/b17-15+. The molecule has 0 heterocycles. The molecular formula is C16H16N2O4. The van der Waals surface area contributed by atoms with E-state index in [9.17, 15) is 10.1 Å². The highest BCUT2D eigenvalue weighted by Gasteiger charge is 2.10. The third kappa shape index (κ3) is 3.60. The maximum absolute atomic E-state index is 10.8. The lowest BCUT2D eigenvalue weighted by Crippen LogP contribution is -2.04. The van der Waals surface area contributed by atoms with Crippen LogP contribution in [0.4, 0.5) is 5.69 Å². The summed E-state index contributed by atoms with van der Waals surface area (Å²) in [5, 5.41) is 23.1. The predicted molar refractivity (Wildman–Crippen MR) is 82.5 cm³/mol. The molecule has 1 N–H and O–H groups in total. The first kappa shape index (κ1) is 15.5. The Morgan fingerprint density at radius 2 is 2.05 bits per heavy atom. The van der Waals surface area contributed by atoms with Gasteiger partial charge in [0.25, 0.3) is 5.69 Å². The second-order valence-electron chi connectivity index (χ2n) is 4.61. The van der Waals surface area contributed by atoms with E-state index in [4.69, 9.17) is 9.94 Å². The Labute approximate surface area is 127 Å². The topological polar surface area (TPSA) is 85.0 Å². The maximum atomic E-state index is 10.8. The molecule has 114 valence electrons. The van der Waals surface area contributed by atoms with Gasteiger partial charge in [-0.1, -0.05) is 36.3 Å². The molecule has 0 radical (unpaired) electrons. The Bertz CT molecular complexity index is 698. The summed E-state index contributed by atoms with van der Waals surface area (Å²) < 4.78 is 5.73. The largest absolute Gasteiger partial charge is 0.488 e. The van der Waals surface area contributed by atoms with Crippen LogP contribution in [0.2, 0.25) is 0 Å². The number of rotatable bonds is 6. The Balaban J connectivity index is 2.19. The minimum Gasteiger partial charge on any atom is -0.488 e. The van der Waals surface area contributed by atoms with E-state index in [0.717, 1.165) is 0 Å². The highest BCUT2D eigenvalue weighted by Crippen LogP contribution is 2.22. The van der Waals surface area contributed by atoms with Crippen LogP contribution in [-0.2, 0) is 6.61 Å². The molecule has 0 aliphatic carbocycles. The number of benzene rings is 2. The Hall–Kier alpha value is -2.89. The van der Waals surface area contributed by atoms with Crippen molar-refractivity contribution in [2.75, 3.05) is 0 Å². The first-order chi connectivity index (χ1) is 10.7. The van der Waals surface area contributed by atoms with Crippen molar-refractivity contribution in [1.29, 1.82) is 0 Å². The first-order valence-corrected chi connectivity index (χ1v) is 6.82. The van der Waals surface area contributed by atoms with Crippen LogP contribution in [0.25, 0.3) is 0 Å². The van der Waals surface area contributed by atoms with E-state index in [0.29, 0.717) is 29.0 Å². The molecule has 0 spiro atoms. The average Bonchev–Trinajstić information content (AvgIpc) is 2.55. The number of hydrogen-bond donors (Lipinski definition) is 1. The Morgan fingerprint density at radius 3 is 2.73 bits per heavy atom. The first-order valence-electron chi connectivity index (χ1n) is 6.82. The third-order valence-electron chi connectivity index (χ3n) is 3.17. The monoisotopic (exact) mass is 300 g/mol. The van der Waals surface area contributed by atoms with Crippen LogP contribution in [-0.4, -0.2) is 15.8 Å². The molecule has 0 bridgehead atoms. The molecule has 0 saturated heterocycles. The van der Waals surface area contributed by atoms with Gasteiger partial charge < -0.3 is 9.94 Å². The minimum atomic E-state index is -0.439. The van der Waals surface area contributed by atoms with Crippen LogP contribution in [0.1, 0.15) is 24.5 Å². The number of nitro benzene ring substituents is 1. The summed E-state index contributed by atoms with van der Waals surface area (Å²) in [7, 11) is 0. The number of ether oxygens (including phenoxy) is 1. The van der Waals surface area contributed by atoms with E-state index in [1.807, 2.05) is 19.1 Å².